The second-order valence-electron chi connectivity index (χ2n) is 3.61. The zero-order chi connectivity index (χ0) is 13.7. The fraction of sp³-hybridized carbons (Fsp3) is 0.273. The van der Waals surface area contributed by atoms with Crippen LogP contribution in [0.25, 0.3) is 0 Å². The molecule has 0 bridgehead atoms. The molecule has 0 heterocycles. The fourth-order valence-corrected chi connectivity index (χ4v) is 1.56. The van der Waals surface area contributed by atoms with E-state index in [4.69, 9.17) is 27.8 Å². The van der Waals surface area contributed by atoms with Gasteiger partial charge in [-0.1, -0.05) is 11.6 Å². The van der Waals surface area contributed by atoms with Gasteiger partial charge in [-0.15, -0.1) is 0 Å². The third kappa shape index (κ3) is 3.69. The molecule has 18 heavy (non-hydrogen) atoms. The monoisotopic (exact) mass is 271 g/mol. The number of halogens is 1. The number of hydrogen-bond donors (Lipinski definition) is 3. The van der Waals surface area contributed by atoms with Crippen molar-refractivity contribution in [3.05, 3.63) is 28.8 Å². The molecule has 0 aliphatic carbocycles. The lowest BCUT2D eigenvalue weighted by Gasteiger charge is -2.11. The second-order valence-corrected chi connectivity index (χ2v) is 4.02. The molecule has 0 saturated heterocycles. The Morgan fingerprint density at radius 2 is 2.17 bits per heavy atom. The van der Waals surface area contributed by atoms with Crippen molar-refractivity contribution < 1.29 is 14.3 Å². The molecule has 1 atom stereocenters. The Bertz CT molecular complexity index is 465. The molecule has 0 aliphatic rings. The molecule has 7 heteroatoms. The van der Waals surface area contributed by atoms with E-state index in [-0.39, 0.29) is 17.2 Å². The van der Waals surface area contributed by atoms with Crippen molar-refractivity contribution in [1.82, 2.24) is 0 Å². The second kappa shape index (κ2) is 6.34. The molecule has 2 amide bonds. The number of ether oxygens (including phenoxy) is 1. The minimum Gasteiger partial charge on any atom is -0.383 e. The van der Waals surface area contributed by atoms with Crippen molar-refractivity contribution in [3.63, 3.8) is 0 Å². The first-order chi connectivity index (χ1) is 8.45. The molecule has 0 aromatic heterocycles. The average molecular weight is 272 g/mol. The summed E-state index contributed by atoms with van der Waals surface area (Å²) in [6.45, 7) is 0.110. The van der Waals surface area contributed by atoms with Crippen LogP contribution in [-0.4, -0.2) is 31.6 Å². The van der Waals surface area contributed by atoms with Crippen LogP contribution in [0.15, 0.2) is 18.2 Å². The fourth-order valence-electron chi connectivity index (χ4n) is 1.28. The van der Waals surface area contributed by atoms with E-state index in [1.54, 1.807) is 0 Å². The Morgan fingerprint density at radius 1 is 1.50 bits per heavy atom. The molecule has 0 spiro atoms. The van der Waals surface area contributed by atoms with Crippen LogP contribution in [0.2, 0.25) is 5.02 Å². The third-order valence-electron chi connectivity index (χ3n) is 2.19. The molecule has 98 valence electrons. The Balaban J connectivity index is 2.77. The molecular weight excluding hydrogens is 258 g/mol. The predicted octanol–water partition coefficient (Wildman–Crippen LogP) is 0.351. The number of amides is 2. The number of nitrogens with two attached hydrogens (primary N) is 2. The number of nitrogens with one attached hydrogen (secondary N) is 1. The standard InChI is InChI=1S/C11H14ClN3O3/c1-18-5-9(13)11(17)15-6-2-3-7(10(14)16)8(12)4-6/h2-4,9H,5,13H2,1H3,(H2,14,16)(H,15,17). The number of carbonyl (C=O) groups excluding carboxylic acids is 2. The highest BCUT2D eigenvalue weighted by Gasteiger charge is 2.14. The molecular formula is C11H14ClN3O3. The highest BCUT2D eigenvalue weighted by Crippen LogP contribution is 2.20. The quantitative estimate of drug-likeness (QED) is 0.718. The molecule has 1 rings (SSSR count). The van der Waals surface area contributed by atoms with Crippen LogP contribution < -0.4 is 16.8 Å². The van der Waals surface area contributed by atoms with Crippen LogP contribution in [0, 0.1) is 0 Å². The van der Waals surface area contributed by atoms with Gasteiger partial charge in [0.15, 0.2) is 0 Å². The number of rotatable bonds is 5. The van der Waals surface area contributed by atoms with Gasteiger partial charge in [0.2, 0.25) is 11.8 Å². The van der Waals surface area contributed by atoms with Crippen molar-refractivity contribution in [2.75, 3.05) is 19.0 Å². The van der Waals surface area contributed by atoms with Crippen molar-refractivity contribution >= 4 is 29.1 Å². The number of hydrogen-bond acceptors (Lipinski definition) is 4. The lowest BCUT2D eigenvalue weighted by Crippen LogP contribution is -2.39. The van der Waals surface area contributed by atoms with E-state index >= 15 is 0 Å². The largest absolute Gasteiger partial charge is 0.383 e. The minimum atomic E-state index is -0.774. The lowest BCUT2D eigenvalue weighted by atomic mass is 10.2. The predicted molar refractivity (Wildman–Crippen MR) is 68.5 cm³/mol. The summed E-state index contributed by atoms with van der Waals surface area (Å²) in [6, 6.07) is 3.61. The van der Waals surface area contributed by atoms with Crippen LogP contribution in [0.1, 0.15) is 10.4 Å². The summed E-state index contributed by atoms with van der Waals surface area (Å²) >= 11 is 5.84. The smallest absolute Gasteiger partial charge is 0.250 e. The molecule has 1 aromatic carbocycles. The normalized spacial score (nSPS) is 11.9. The van der Waals surface area contributed by atoms with E-state index < -0.39 is 17.9 Å². The number of anilines is 1. The SMILES string of the molecule is COCC(N)C(=O)Nc1ccc(C(N)=O)c(Cl)c1. The Morgan fingerprint density at radius 3 is 2.67 bits per heavy atom. The van der Waals surface area contributed by atoms with Gasteiger partial charge >= 0.3 is 0 Å². The van der Waals surface area contributed by atoms with Crippen molar-refractivity contribution in [2.24, 2.45) is 11.5 Å². The topological polar surface area (TPSA) is 107 Å². The van der Waals surface area contributed by atoms with Gasteiger partial charge in [0.05, 0.1) is 17.2 Å². The van der Waals surface area contributed by atoms with Crippen LogP contribution in [0.5, 0.6) is 0 Å². The van der Waals surface area contributed by atoms with Crippen LogP contribution >= 0.6 is 11.6 Å². The maximum absolute atomic E-state index is 11.6. The molecule has 0 fully saturated rings. The van der Waals surface area contributed by atoms with E-state index in [9.17, 15) is 9.59 Å². The summed E-state index contributed by atoms with van der Waals surface area (Å²) in [6.07, 6.45) is 0. The van der Waals surface area contributed by atoms with Gasteiger partial charge in [-0.3, -0.25) is 9.59 Å². The minimum absolute atomic E-state index is 0.110. The van der Waals surface area contributed by atoms with E-state index in [0.717, 1.165) is 0 Å². The van der Waals surface area contributed by atoms with Crippen molar-refractivity contribution in [2.45, 2.75) is 6.04 Å². The van der Waals surface area contributed by atoms with E-state index in [1.165, 1.54) is 25.3 Å². The molecule has 6 nitrogen and oxygen atoms in total. The first-order valence-corrected chi connectivity index (χ1v) is 5.48. The zero-order valence-corrected chi connectivity index (χ0v) is 10.5. The van der Waals surface area contributed by atoms with Gasteiger partial charge < -0.3 is 21.5 Å². The van der Waals surface area contributed by atoms with Crippen molar-refractivity contribution in [1.29, 1.82) is 0 Å². The van der Waals surface area contributed by atoms with E-state index in [2.05, 4.69) is 5.32 Å². The van der Waals surface area contributed by atoms with Gasteiger partial charge in [0, 0.05) is 12.8 Å². The number of carbonyl (C=O) groups is 2. The van der Waals surface area contributed by atoms with Crippen LogP contribution in [0.3, 0.4) is 0 Å². The van der Waals surface area contributed by atoms with Gasteiger partial charge in [-0.25, -0.2) is 0 Å². The van der Waals surface area contributed by atoms with Crippen molar-refractivity contribution in [3.8, 4) is 0 Å². The molecule has 1 aromatic rings. The number of methoxy groups -OCH3 is 1. The molecule has 1 unspecified atom stereocenters. The lowest BCUT2D eigenvalue weighted by molar-refractivity contribution is -0.118. The summed E-state index contributed by atoms with van der Waals surface area (Å²) < 4.78 is 4.76. The summed E-state index contributed by atoms with van der Waals surface area (Å²) in [5, 5.41) is 2.72. The summed E-state index contributed by atoms with van der Waals surface area (Å²) in [5.41, 5.74) is 11.3. The third-order valence-corrected chi connectivity index (χ3v) is 2.50. The summed E-state index contributed by atoms with van der Waals surface area (Å²) in [5.74, 6) is -1.03. The van der Waals surface area contributed by atoms with Crippen LogP contribution in [-0.2, 0) is 9.53 Å². The zero-order valence-electron chi connectivity index (χ0n) is 9.77. The molecule has 5 N–H and O–H groups in total. The first kappa shape index (κ1) is 14.4. The van der Waals surface area contributed by atoms with Gasteiger partial charge in [0.25, 0.3) is 0 Å². The van der Waals surface area contributed by atoms with Crippen LogP contribution in [0.4, 0.5) is 5.69 Å². The van der Waals surface area contributed by atoms with E-state index in [0.29, 0.717) is 5.69 Å². The maximum Gasteiger partial charge on any atom is 0.250 e. The first-order valence-electron chi connectivity index (χ1n) is 5.10. The molecule has 0 aliphatic heterocycles. The molecule has 0 saturated carbocycles. The highest BCUT2D eigenvalue weighted by molar-refractivity contribution is 6.34. The molecule has 0 radical (unpaired) electrons. The van der Waals surface area contributed by atoms with Gasteiger partial charge in [0.1, 0.15) is 6.04 Å². The number of benzene rings is 1. The summed E-state index contributed by atoms with van der Waals surface area (Å²) in [4.78, 5) is 22.5. The maximum atomic E-state index is 11.6. The van der Waals surface area contributed by atoms with Gasteiger partial charge in [-0.05, 0) is 18.2 Å². The number of primary amides is 1. The Kier molecular flexibility index (Phi) is 5.08. The van der Waals surface area contributed by atoms with E-state index in [1.807, 2.05) is 0 Å². The Labute approximate surface area is 109 Å². The Hall–Kier alpha value is -1.63. The highest BCUT2D eigenvalue weighted by atomic mass is 35.5. The van der Waals surface area contributed by atoms with Gasteiger partial charge in [-0.2, -0.15) is 0 Å². The average Bonchev–Trinajstić information content (AvgIpc) is 2.28. The summed E-state index contributed by atoms with van der Waals surface area (Å²) in [7, 11) is 1.45.